The Morgan fingerprint density at radius 1 is 1.38 bits per heavy atom. The van der Waals surface area contributed by atoms with Crippen LogP contribution in [0.25, 0.3) is 6.08 Å². The summed E-state index contributed by atoms with van der Waals surface area (Å²) in [4.78, 5) is 22.8. The number of aryl methyl sites for hydroxylation is 1. The van der Waals surface area contributed by atoms with Crippen LogP contribution in [-0.2, 0) is 4.79 Å². The minimum Gasteiger partial charge on any atom is -0.493 e. The number of hydrogen-bond donors (Lipinski definition) is 1. The van der Waals surface area contributed by atoms with Gasteiger partial charge in [-0.15, -0.1) is 0 Å². The molecule has 0 saturated carbocycles. The van der Waals surface area contributed by atoms with E-state index in [4.69, 9.17) is 9.47 Å². The van der Waals surface area contributed by atoms with Crippen molar-refractivity contribution in [2.45, 2.75) is 13.8 Å². The highest BCUT2D eigenvalue weighted by molar-refractivity contribution is 9.10. The molecular formula is C20H18BrN3O5. The molecule has 0 aromatic heterocycles. The van der Waals surface area contributed by atoms with Crippen molar-refractivity contribution in [1.82, 2.24) is 0 Å². The highest BCUT2D eigenvalue weighted by atomic mass is 79.9. The number of halogens is 1. The van der Waals surface area contributed by atoms with Crippen molar-refractivity contribution in [2.75, 3.05) is 19.0 Å². The minimum absolute atomic E-state index is 0.0807. The van der Waals surface area contributed by atoms with E-state index >= 15 is 0 Å². The van der Waals surface area contributed by atoms with Gasteiger partial charge in [-0.1, -0.05) is 0 Å². The van der Waals surface area contributed by atoms with Gasteiger partial charge in [0.2, 0.25) is 0 Å². The molecule has 1 amide bonds. The topological polar surface area (TPSA) is 114 Å². The molecule has 29 heavy (non-hydrogen) atoms. The minimum atomic E-state index is -0.631. The number of carbonyl (C=O) groups excluding carboxylic acids is 1. The molecule has 0 atom stereocenters. The molecule has 0 saturated heterocycles. The molecule has 0 unspecified atom stereocenters. The molecule has 2 aromatic rings. The lowest BCUT2D eigenvalue weighted by Gasteiger charge is -2.12. The largest absolute Gasteiger partial charge is 0.493 e. The van der Waals surface area contributed by atoms with E-state index < -0.39 is 10.8 Å². The quantitative estimate of drug-likeness (QED) is 0.279. The Morgan fingerprint density at radius 3 is 2.66 bits per heavy atom. The molecule has 0 radical (unpaired) electrons. The zero-order valence-corrected chi connectivity index (χ0v) is 17.6. The third kappa shape index (κ3) is 5.33. The van der Waals surface area contributed by atoms with Gasteiger partial charge >= 0.3 is 0 Å². The van der Waals surface area contributed by atoms with Crippen molar-refractivity contribution in [1.29, 1.82) is 5.26 Å². The predicted molar refractivity (Wildman–Crippen MR) is 112 cm³/mol. The number of nitriles is 1. The van der Waals surface area contributed by atoms with Crippen LogP contribution >= 0.6 is 15.9 Å². The summed E-state index contributed by atoms with van der Waals surface area (Å²) in [7, 11) is 1.49. The van der Waals surface area contributed by atoms with Crippen LogP contribution in [0.1, 0.15) is 18.1 Å². The molecule has 8 nitrogen and oxygen atoms in total. The fourth-order valence-corrected chi connectivity index (χ4v) is 3.09. The highest BCUT2D eigenvalue weighted by Crippen LogP contribution is 2.37. The third-order valence-electron chi connectivity index (χ3n) is 3.89. The Balaban J connectivity index is 2.32. The van der Waals surface area contributed by atoms with Crippen LogP contribution in [0.3, 0.4) is 0 Å². The molecule has 0 aliphatic heterocycles. The first-order chi connectivity index (χ1) is 13.8. The SMILES string of the molecule is CCOc1c(Br)cc(C=C(C#N)C(=O)Nc2ccc([N+](=O)[O-])cc2C)cc1OC. The molecule has 0 fully saturated rings. The van der Waals surface area contributed by atoms with E-state index in [1.165, 1.54) is 31.4 Å². The first-order valence-electron chi connectivity index (χ1n) is 8.49. The van der Waals surface area contributed by atoms with Crippen molar-refractivity contribution < 1.29 is 19.2 Å². The normalized spacial score (nSPS) is 10.8. The number of nitro groups is 1. The van der Waals surface area contributed by atoms with Crippen molar-refractivity contribution in [3.05, 3.63) is 61.6 Å². The monoisotopic (exact) mass is 459 g/mol. The van der Waals surface area contributed by atoms with Crippen LogP contribution < -0.4 is 14.8 Å². The summed E-state index contributed by atoms with van der Waals surface area (Å²) in [5.41, 5.74) is 1.23. The van der Waals surface area contributed by atoms with Crippen LogP contribution in [-0.4, -0.2) is 24.5 Å². The van der Waals surface area contributed by atoms with Gasteiger partial charge in [-0.2, -0.15) is 5.26 Å². The van der Waals surface area contributed by atoms with Crippen molar-refractivity contribution in [3.63, 3.8) is 0 Å². The summed E-state index contributed by atoms with van der Waals surface area (Å²) in [5, 5.41) is 22.9. The lowest BCUT2D eigenvalue weighted by molar-refractivity contribution is -0.384. The second-order valence-corrected chi connectivity index (χ2v) is 6.70. The second kappa shape index (κ2) is 9.71. The fraction of sp³-hybridized carbons (Fsp3) is 0.200. The Hall–Kier alpha value is -3.38. The van der Waals surface area contributed by atoms with E-state index in [-0.39, 0.29) is 11.3 Å². The summed E-state index contributed by atoms with van der Waals surface area (Å²) in [5.74, 6) is 0.349. The standard InChI is InChI=1S/C20H18BrN3O5/c1-4-29-19-16(21)9-13(10-18(19)28-3)8-14(11-22)20(25)23-17-6-5-15(24(26)27)7-12(17)2/h5-10H,4H2,1-3H3,(H,23,25). The van der Waals surface area contributed by atoms with Gasteiger partial charge in [0, 0.05) is 17.8 Å². The first-order valence-corrected chi connectivity index (χ1v) is 9.28. The maximum atomic E-state index is 12.5. The maximum Gasteiger partial charge on any atom is 0.269 e. The number of benzene rings is 2. The van der Waals surface area contributed by atoms with Crippen LogP contribution in [0, 0.1) is 28.4 Å². The van der Waals surface area contributed by atoms with Gasteiger partial charge in [0.05, 0.1) is 23.1 Å². The lowest BCUT2D eigenvalue weighted by Crippen LogP contribution is -2.14. The molecule has 0 heterocycles. The molecule has 2 aromatic carbocycles. The van der Waals surface area contributed by atoms with E-state index in [1.54, 1.807) is 19.1 Å². The van der Waals surface area contributed by atoms with Crippen molar-refractivity contribution in [3.8, 4) is 17.6 Å². The third-order valence-corrected chi connectivity index (χ3v) is 4.47. The number of hydrogen-bond acceptors (Lipinski definition) is 6. The number of amides is 1. The number of nitro benzene ring substituents is 1. The number of carbonyl (C=O) groups is 1. The van der Waals surface area contributed by atoms with Gasteiger partial charge in [-0.05, 0) is 65.2 Å². The summed E-state index contributed by atoms with van der Waals surface area (Å²) < 4.78 is 11.5. The maximum absolute atomic E-state index is 12.5. The first kappa shape index (κ1) is 21.9. The van der Waals surface area contributed by atoms with Gasteiger partial charge in [0.1, 0.15) is 11.6 Å². The molecular weight excluding hydrogens is 442 g/mol. The van der Waals surface area contributed by atoms with Crippen LogP contribution in [0.4, 0.5) is 11.4 Å². The average molecular weight is 460 g/mol. The van der Waals surface area contributed by atoms with Crippen LogP contribution in [0.2, 0.25) is 0 Å². The number of nitrogens with one attached hydrogen (secondary N) is 1. The van der Waals surface area contributed by atoms with Gasteiger partial charge in [-0.25, -0.2) is 0 Å². The Bertz CT molecular complexity index is 1030. The average Bonchev–Trinajstić information content (AvgIpc) is 2.69. The molecule has 150 valence electrons. The predicted octanol–water partition coefficient (Wildman–Crippen LogP) is 4.62. The van der Waals surface area contributed by atoms with Crippen molar-refractivity contribution >= 4 is 39.3 Å². The van der Waals surface area contributed by atoms with Gasteiger partial charge in [0.25, 0.3) is 11.6 Å². The summed E-state index contributed by atoms with van der Waals surface area (Å²) in [6.07, 6.45) is 1.42. The van der Waals surface area contributed by atoms with Gasteiger partial charge < -0.3 is 14.8 Å². The number of rotatable bonds is 7. The fourth-order valence-electron chi connectivity index (χ4n) is 2.51. The second-order valence-electron chi connectivity index (χ2n) is 5.85. The molecule has 0 spiro atoms. The summed E-state index contributed by atoms with van der Waals surface area (Å²) in [6.45, 7) is 3.93. The number of methoxy groups -OCH3 is 1. The molecule has 0 bridgehead atoms. The van der Waals surface area contributed by atoms with E-state index in [2.05, 4.69) is 21.2 Å². The molecule has 1 N–H and O–H groups in total. The smallest absolute Gasteiger partial charge is 0.269 e. The number of anilines is 1. The molecule has 2 rings (SSSR count). The number of non-ortho nitro benzene ring substituents is 1. The molecule has 9 heteroatoms. The van der Waals surface area contributed by atoms with Crippen molar-refractivity contribution in [2.24, 2.45) is 0 Å². The Morgan fingerprint density at radius 2 is 2.10 bits per heavy atom. The Labute approximate surface area is 176 Å². The van der Waals surface area contributed by atoms with Crippen LogP contribution in [0.5, 0.6) is 11.5 Å². The zero-order chi connectivity index (χ0) is 21.6. The van der Waals surface area contributed by atoms with E-state index in [0.717, 1.165) is 0 Å². The lowest BCUT2D eigenvalue weighted by atomic mass is 10.1. The van der Waals surface area contributed by atoms with E-state index in [1.807, 2.05) is 13.0 Å². The molecule has 0 aliphatic rings. The summed E-state index contributed by atoms with van der Waals surface area (Å²) >= 11 is 3.40. The van der Waals surface area contributed by atoms with E-state index in [9.17, 15) is 20.2 Å². The van der Waals surface area contributed by atoms with Gasteiger partial charge in [0.15, 0.2) is 11.5 Å². The highest BCUT2D eigenvalue weighted by Gasteiger charge is 2.15. The molecule has 0 aliphatic carbocycles. The zero-order valence-electron chi connectivity index (χ0n) is 16.0. The number of nitrogens with zero attached hydrogens (tertiary/aromatic N) is 2. The Kier molecular flexibility index (Phi) is 7.33. The summed E-state index contributed by atoms with van der Waals surface area (Å²) in [6, 6.07) is 9.28. The van der Waals surface area contributed by atoms with E-state index in [0.29, 0.717) is 39.4 Å². The van der Waals surface area contributed by atoms with Crippen LogP contribution in [0.15, 0.2) is 40.4 Å². The van der Waals surface area contributed by atoms with Gasteiger partial charge in [-0.3, -0.25) is 14.9 Å². The number of ether oxygens (including phenoxy) is 2.